The highest BCUT2D eigenvalue weighted by molar-refractivity contribution is 7.80. The molecule has 0 saturated carbocycles. The van der Waals surface area contributed by atoms with Crippen molar-refractivity contribution in [2.45, 2.75) is 6.42 Å². The first kappa shape index (κ1) is 16.2. The van der Waals surface area contributed by atoms with Crippen LogP contribution in [0.15, 0.2) is 54.1 Å². The molecule has 1 amide bonds. The van der Waals surface area contributed by atoms with E-state index in [9.17, 15) is 9.90 Å². The molecule has 0 aromatic heterocycles. The number of benzene rings is 2. The fourth-order valence-electron chi connectivity index (χ4n) is 2.65. The maximum atomic E-state index is 12.7. The van der Waals surface area contributed by atoms with Gasteiger partial charge in [-0.05, 0) is 35.9 Å². The van der Waals surface area contributed by atoms with Crippen molar-refractivity contribution < 1.29 is 9.90 Å². The molecule has 24 heavy (non-hydrogen) atoms. The Labute approximate surface area is 146 Å². The number of thiocarbonyl (C=S) groups is 1. The Hall–Kier alpha value is -2.66. The van der Waals surface area contributed by atoms with Gasteiger partial charge in [0.15, 0.2) is 0 Å². The molecule has 1 aliphatic heterocycles. The highest BCUT2D eigenvalue weighted by atomic mass is 32.1. The van der Waals surface area contributed by atoms with Gasteiger partial charge in [0.05, 0.1) is 10.7 Å². The summed E-state index contributed by atoms with van der Waals surface area (Å²) < 4.78 is 0. The summed E-state index contributed by atoms with van der Waals surface area (Å²) in [5.41, 5.74) is 3.31. The molecule has 4 nitrogen and oxygen atoms in total. The standard InChI is InChI=1S/C19H18N2O2S/c1-20(2)15-8-6-13(7-9-15)10-14-11-18(24)21(19(14)23)16-4-3-5-17(22)12-16/h3-10,12,22H,11H2,1-2H3/b14-10+. The van der Waals surface area contributed by atoms with Crippen molar-refractivity contribution in [1.29, 1.82) is 0 Å². The lowest BCUT2D eigenvalue weighted by Gasteiger charge is -2.15. The second kappa shape index (κ2) is 6.45. The number of phenols is 1. The number of carbonyl (C=O) groups excluding carboxylic acids is 1. The third kappa shape index (κ3) is 3.16. The van der Waals surface area contributed by atoms with Crippen LogP contribution in [0.1, 0.15) is 12.0 Å². The molecule has 2 aromatic rings. The Balaban J connectivity index is 1.88. The number of hydrogen-bond donors (Lipinski definition) is 1. The van der Waals surface area contributed by atoms with Crippen molar-refractivity contribution in [2.24, 2.45) is 0 Å². The maximum Gasteiger partial charge on any atom is 0.259 e. The Kier molecular flexibility index (Phi) is 4.36. The van der Waals surface area contributed by atoms with E-state index in [1.54, 1.807) is 24.3 Å². The summed E-state index contributed by atoms with van der Waals surface area (Å²) in [7, 11) is 3.97. The largest absolute Gasteiger partial charge is 0.508 e. The first-order valence-corrected chi connectivity index (χ1v) is 8.01. The van der Waals surface area contributed by atoms with Gasteiger partial charge in [0.2, 0.25) is 0 Å². The lowest BCUT2D eigenvalue weighted by molar-refractivity contribution is -0.113. The SMILES string of the molecule is CN(C)c1ccc(/C=C2\CC(=S)N(c3cccc(O)c3)C2=O)cc1. The normalized spacial score (nSPS) is 16.1. The molecule has 0 radical (unpaired) electrons. The molecular weight excluding hydrogens is 320 g/mol. The van der Waals surface area contributed by atoms with E-state index in [4.69, 9.17) is 12.2 Å². The lowest BCUT2D eigenvalue weighted by atomic mass is 10.1. The van der Waals surface area contributed by atoms with E-state index in [2.05, 4.69) is 0 Å². The number of phenolic OH excluding ortho intramolecular Hbond substituents is 1. The number of aromatic hydroxyl groups is 1. The maximum absolute atomic E-state index is 12.7. The third-order valence-electron chi connectivity index (χ3n) is 3.91. The molecule has 0 spiro atoms. The van der Waals surface area contributed by atoms with E-state index in [-0.39, 0.29) is 11.7 Å². The van der Waals surface area contributed by atoms with Crippen molar-refractivity contribution in [2.75, 3.05) is 23.9 Å². The molecule has 5 heteroatoms. The topological polar surface area (TPSA) is 43.8 Å². The van der Waals surface area contributed by atoms with Gasteiger partial charge in [-0.2, -0.15) is 0 Å². The summed E-state index contributed by atoms with van der Waals surface area (Å²) in [4.78, 5) is 16.7. The summed E-state index contributed by atoms with van der Waals surface area (Å²) in [5.74, 6) is -0.0258. The number of rotatable bonds is 3. The fraction of sp³-hybridized carbons (Fsp3) is 0.158. The molecule has 0 aliphatic carbocycles. The first-order chi connectivity index (χ1) is 11.5. The van der Waals surface area contributed by atoms with Gasteiger partial charge in [-0.15, -0.1) is 0 Å². The quantitative estimate of drug-likeness (QED) is 0.686. The fourth-order valence-corrected chi connectivity index (χ4v) is 2.99. The van der Waals surface area contributed by atoms with Crippen LogP contribution in [0.3, 0.4) is 0 Å². The second-order valence-electron chi connectivity index (χ2n) is 5.89. The molecule has 1 saturated heterocycles. The minimum atomic E-state index is -0.137. The van der Waals surface area contributed by atoms with Crippen LogP contribution in [-0.2, 0) is 4.79 Å². The average molecular weight is 338 g/mol. The van der Waals surface area contributed by atoms with Crippen LogP contribution in [0.2, 0.25) is 0 Å². The van der Waals surface area contributed by atoms with Crippen LogP contribution in [0.4, 0.5) is 11.4 Å². The van der Waals surface area contributed by atoms with Crippen LogP contribution < -0.4 is 9.80 Å². The predicted octanol–water partition coefficient (Wildman–Crippen LogP) is 3.61. The third-order valence-corrected chi connectivity index (χ3v) is 4.23. The summed E-state index contributed by atoms with van der Waals surface area (Å²) >= 11 is 5.37. The summed E-state index contributed by atoms with van der Waals surface area (Å²) in [6, 6.07) is 14.6. The molecule has 3 rings (SSSR count). The Morgan fingerprint density at radius 2 is 1.88 bits per heavy atom. The zero-order valence-electron chi connectivity index (χ0n) is 13.6. The van der Waals surface area contributed by atoms with Crippen LogP contribution in [0.5, 0.6) is 5.75 Å². The Morgan fingerprint density at radius 1 is 1.17 bits per heavy atom. The molecule has 1 heterocycles. The molecule has 0 atom stereocenters. The number of carbonyl (C=O) groups is 1. The van der Waals surface area contributed by atoms with E-state index >= 15 is 0 Å². The molecule has 1 N–H and O–H groups in total. The van der Waals surface area contributed by atoms with E-state index in [1.165, 1.54) is 4.90 Å². The molecule has 1 fully saturated rings. The van der Waals surface area contributed by atoms with Crippen LogP contribution >= 0.6 is 12.2 Å². The number of nitrogens with zero attached hydrogens (tertiary/aromatic N) is 2. The van der Waals surface area contributed by atoms with Gasteiger partial charge in [-0.3, -0.25) is 9.69 Å². The van der Waals surface area contributed by atoms with Crippen molar-refractivity contribution >= 4 is 40.6 Å². The van der Waals surface area contributed by atoms with E-state index in [0.717, 1.165) is 11.3 Å². The monoisotopic (exact) mass is 338 g/mol. The van der Waals surface area contributed by atoms with Gasteiger partial charge in [-0.25, -0.2) is 0 Å². The minimum absolute atomic E-state index is 0.111. The average Bonchev–Trinajstić information content (AvgIpc) is 2.82. The zero-order chi connectivity index (χ0) is 17.3. The van der Waals surface area contributed by atoms with Crippen molar-refractivity contribution in [3.63, 3.8) is 0 Å². The van der Waals surface area contributed by atoms with Crippen molar-refractivity contribution in [3.05, 3.63) is 59.7 Å². The van der Waals surface area contributed by atoms with E-state index in [0.29, 0.717) is 22.7 Å². The van der Waals surface area contributed by atoms with Gasteiger partial charge >= 0.3 is 0 Å². The molecule has 1 aliphatic rings. The van der Waals surface area contributed by atoms with Crippen LogP contribution in [0.25, 0.3) is 6.08 Å². The van der Waals surface area contributed by atoms with Crippen LogP contribution in [-0.4, -0.2) is 30.1 Å². The van der Waals surface area contributed by atoms with Crippen molar-refractivity contribution in [3.8, 4) is 5.75 Å². The zero-order valence-corrected chi connectivity index (χ0v) is 14.4. The summed E-state index contributed by atoms with van der Waals surface area (Å²) in [5, 5.41) is 9.62. The highest BCUT2D eigenvalue weighted by Crippen LogP contribution is 2.30. The molecule has 0 unspecified atom stereocenters. The summed E-state index contributed by atoms with van der Waals surface area (Å²) in [6.07, 6.45) is 2.30. The van der Waals surface area contributed by atoms with Gasteiger partial charge in [-0.1, -0.05) is 30.4 Å². The Bertz CT molecular complexity index is 826. The minimum Gasteiger partial charge on any atom is -0.508 e. The van der Waals surface area contributed by atoms with Gasteiger partial charge in [0.1, 0.15) is 5.75 Å². The molecule has 122 valence electrons. The second-order valence-corrected chi connectivity index (χ2v) is 6.36. The first-order valence-electron chi connectivity index (χ1n) is 7.60. The van der Waals surface area contributed by atoms with Crippen LogP contribution in [0, 0.1) is 0 Å². The predicted molar refractivity (Wildman–Crippen MR) is 102 cm³/mol. The number of amides is 1. The lowest BCUT2D eigenvalue weighted by Crippen LogP contribution is -2.27. The van der Waals surface area contributed by atoms with Crippen molar-refractivity contribution in [1.82, 2.24) is 0 Å². The van der Waals surface area contributed by atoms with Gasteiger partial charge in [0.25, 0.3) is 5.91 Å². The molecular formula is C19H18N2O2S. The van der Waals surface area contributed by atoms with E-state index in [1.807, 2.05) is 49.3 Å². The summed E-state index contributed by atoms with van der Waals surface area (Å²) in [6.45, 7) is 0. The smallest absolute Gasteiger partial charge is 0.259 e. The Morgan fingerprint density at radius 3 is 2.50 bits per heavy atom. The number of hydrogen-bond acceptors (Lipinski definition) is 4. The molecule has 0 bridgehead atoms. The van der Waals surface area contributed by atoms with E-state index < -0.39 is 0 Å². The van der Waals surface area contributed by atoms with Gasteiger partial charge in [0, 0.05) is 37.8 Å². The molecule has 2 aromatic carbocycles. The van der Waals surface area contributed by atoms with Gasteiger partial charge < -0.3 is 10.0 Å². The number of anilines is 2. The highest BCUT2D eigenvalue weighted by Gasteiger charge is 2.32.